The fourth-order valence-corrected chi connectivity index (χ4v) is 2.87. The quantitative estimate of drug-likeness (QED) is 0.670. The highest BCUT2D eigenvalue weighted by Crippen LogP contribution is 2.32. The Morgan fingerprint density at radius 3 is 3.00 bits per heavy atom. The van der Waals surface area contributed by atoms with Crippen LogP contribution in [-0.4, -0.2) is 11.5 Å². The summed E-state index contributed by atoms with van der Waals surface area (Å²) >= 11 is 2.04. The van der Waals surface area contributed by atoms with E-state index in [9.17, 15) is 0 Å². The van der Waals surface area contributed by atoms with Crippen molar-refractivity contribution in [2.45, 2.75) is 12.3 Å². The van der Waals surface area contributed by atoms with E-state index in [0.717, 1.165) is 11.6 Å². The molecule has 0 aliphatic carbocycles. The lowest BCUT2D eigenvalue weighted by Gasteiger charge is -2.08. The minimum atomic E-state index is 0.749. The van der Waals surface area contributed by atoms with E-state index in [-0.39, 0.29) is 0 Å². The lowest BCUT2D eigenvalue weighted by Crippen LogP contribution is -1.96. The highest BCUT2D eigenvalue weighted by Gasteiger charge is 2.16. The number of hydrogen-bond acceptors (Lipinski definition) is 2. The van der Waals surface area contributed by atoms with Crippen LogP contribution >= 0.6 is 11.8 Å². The van der Waals surface area contributed by atoms with Gasteiger partial charge in [-0.15, -0.1) is 0 Å². The highest BCUT2D eigenvalue weighted by atomic mass is 32.2. The molecule has 2 N–H and O–H groups in total. The predicted octanol–water partition coefficient (Wildman–Crippen LogP) is 2.49. The number of hydrogen-bond donors (Lipinski definition) is 1. The molecule has 0 bridgehead atoms. The maximum Gasteiger partial charge on any atom is 0.0316 e. The molecule has 1 nitrogen and oxygen atoms in total. The standard InChI is InChI=1S/C10H13NS/c11-10-3-1-2-8(6-10)9-4-5-12-7-9/h1-3,6,9H,4-5,7,11H2. The van der Waals surface area contributed by atoms with Crippen molar-refractivity contribution in [2.75, 3.05) is 17.2 Å². The van der Waals surface area contributed by atoms with Gasteiger partial charge in [-0.2, -0.15) is 11.8 Å². The van der Waals surface area contributed by atoms with Crippen LogP contribution in [0.25, 0.3) is 0 Å². The van der Waals surface area contributed by atoms with Gasteiger partial charge in [0, 0.05) is 11.4 Å². The Morgan fingerprint density at radius 2 is 2.33 bits per heavy atom. The van der Waals surface area contributed by atoms with Crippen molar-refractivity contribution in [3.05, 3.63) is 29.8 Å². The summed E-state index contributed by atoms with van der Waals surface area (Å²) < 4.78 is 0. The van der Waals surface area contributed by atoms with Crippen LogP contribution in [0, 0.1) is 0 Å². The first kappa shape index (κ1) is 7.99. The summed E-state index contributed by atoms with van der Waals surface area (Å²) in [6.07, 6.45) is 1.31. The smallest absolute Gasteiger partial charge is 0.0316 e. The van der Waals surface area contributed by atoms with Gasteiger partial charge in [-0.05, 0) is 35.8 Å². The second kappa shape index (κ2) is 3.40. The third-order valence-electron chi connectivity index (χ3n) is 2.31. The molecule has 12 heavy (non-hydrogen) atoms. The Morgan fingerprint density at radius 1 is 1.42 bits per heavy atom. The van der Waals surface area contributed by atoms with Crippen LogP contribution in [0.1, 0.15) is 17.9 Å². The molecular formula is C10H13NS. The number of nitrogen functional groups attached to an aromatic ring is 1. The zero-order chi connectivity index (χ0) is 8.39. The monoisotopic (exact) mass is 179 g/mol. The molecule has 0 amide bonds. The molecule has 64 valence electrons. The van der Waals surface area contributed by atoms with Gasteiger partial charge in [0.15, 0.2) is 0 Å². The van der Waals surface area contributed by atoms with Crippen LogP contribution < -0.4 is 5.73 Å². The molecular weight excluding hydrogens is 166 g/mol. The Kier molecular flexibility index (Phi) is 2.26. The van der Waals surface area contributed by atoms with Crippen molar-refractivity contribution in [3.63, 3.8) is 0 Å². The number of thioether (sulfide) groups is 1. The molecule has 1 unspecified atom stereocenters. The number of nitrogens with two attached hydrogens (primary N) is 1. The molecule has 2 rings (SSSR count). The van der Waals surface area contributed by atoms with Gasteiger partial charge in [0.1, 0.15) is 0 Å². The second-order valence-corrected chi connectivity index (χ2v) is 4.38. The number of benzene rings is 1. The zero-order valence-corrected chi connectivity index (χ0v) is 7.81. The van der Waals surface area contributed by atoms with E-state index in [4.69, 9.17) is 5.73 Å². The van der Waals surface area contributed by atoms with Gasteiger partial charge in [-0.25, -0.2) is 0 Å². The molecule has 1 aromatic carbocycles. The molecule has 0 radical (unpaired) electrons. The normalized spacial score (nSPS) is 22.8. The Hall–Kier alpha value is -0.630. The Bertz CT molecular complexity index is 266. The van der Waals surface area contributed by atoms with Gasteiger partial charge >= 0.3 is 0 Å². The Labute approximate surface area is 77.3 Å². The van der Waals surface area contributed by atoms with Crippen molar-refractivity contribution in [3.8, 4) is 0 Å². The van der Waals surface area contributed by atoms with E-state index in [0.29, 0.717) is 0 Å². The van der Waals surface area contributed by atoms with Crippen LogP contribution in [0.15, 0.2) is 24.3 Å². The molecule has 1 atom stereocenters. The number of anilines is 1. The van der Waals surface area contributed by atoms with Gasteiger partial charge in [-0.3, -0.25) is 0 Å². The molecule has 1 aliphatic rings. The topological polar surface area (TPSA) is 26.0 Å². The van der Waals surface area contributed by atoms with E-state index < -0.39 is 0 Å². The summed E-state index contributed by atoms with van der Waals surface area (Å²) in [5, 5.41) is 0. The zero-order valence-electron chi connectivity index (χ0n) is 6.99. The molecule has 1 saturated heterocycles. The van der Waals surface area contributed by atoms with Gasteiger partial charge in [0.25, 0.3) is 0 Å². The molecule has 1 aliphatic heterocycles. The third kappa shape index (κ3) is 1.58. The minimum Gasteiger partial charge on any atom is -0.399 e. The lowest BCUT2D eigenvalue weighted by atomic mass is 9.98. The first-order valence-electron chi connectivity index (χ1n) is 4.29. The second-order valence-electron chi connectivity index (χ2n) is 3.23. The number of rotatable bonds is 1. The van der Waals surface area contributed by atoms with E-state index in [1.807, 2.05) is 23.9 Å². The largest absolute Gasteiger partial charge is 0.399 e. The predicted molar refractivity (Wildman–Crippen MR) is 55.5 cm³/mol. The van der Waals surface area contributed by atoms with Gasteiger partial charge in [0.05, 0.1) is 0 Å². The van der Waals surface area contributed by atoms with E-state index in [2.05, 4.69) is 12.1 Å². The summed E-state index contributed by atoms with van der Waals surface area (Å²) in [7, 11) is 0. The summed E-state index contributed by atoms with van der Waals surface area (Å²) in [6, 6.07) is 8.29. The molecule has 1 fully saturated rings. The lowest BCUT2D eigenvalue weighted by molar-refractivity contribution is 0.783. The third-order valence-corrected chi connectivity index (χ3v) is 3.47. The van der Waals surface area contributed by atoms with E-state index >= 15 is 0 Å². The SMILES string of the molecule is Nc1cccc(C2CCSC2)c1. The molecule has 0 aromatic heterocycles. The van der Waals surface area contributed by atoms with Crippen molar-refractivity contribution in [1.29, 1.82) is 0 Å². The molecule has 2 heteroatoms. The van der Waals surface area contributed by atoms with Gasteiger partial charge in [-0.1, -0.05) is 12.1 Å². The fraction of sp³-hybridized carbons (Fsp3) is 0.400. The summed E-state index contributed by atoms with van der Waals surface area (Å²) in [6.45, 7) is 0. The van der Waals surface area contributed by atoms with E-state index in [1.54, 1.807) is 0 Å². The molecule has 1 heterocycles. The highest BCUT2D eigenvalue weighted by molar-refractivity contribution is 7.99. The Balaban J connectivity index is 2.21. The van der Waals surface area contributed by atoms with Crippen LogP contribution in [0.5, 0.6) is 0 Å². The average Bonchev–Trinajstić information content (AvgIpc) is 2.56. The van der Waals surface area contributed by atoms with Crippen molar-refractivity contribution in [2.24, 2.45) is 0 Å². The van der Waals surface area contributed by atoms with Crippen LogP contribution in [0.2, 0.25) is 0 Å². The molecule has 0 saturated carbocycles. The molecule has 1 aromatic rings. The van der Waals surface area contributed by atoms with Crippen LogP contribution in [0.4, 0.5) is 5.69 Å². The molecule has 0 spiro atoms. The van der Waals surface area contributed by atoms with Crippen LogP contribution in [-0.2, 0) is 0 Å². The van der Waals surface area contributed by atoms with E-state index in [1.165, 1.54) is 23.5 Å². The minimum absolute atomic E-state index is 0.749. The maximum absolute atomic E-state index is 5.72. The fourth-order valence-electron chi connectivity index (χ4n) is 1.61. The summed E-state index contributed by atoms with van der Waals surface area (Å²) in [4.78, 5) is 0. The van der Waals surface area contributed by atoms with Crippen molar-refractivity contribution < 1.29 is 0 Å². The van der Waals surface area contributed by atoms with Crippen molar-refractivity contribution >= 4 is 17.4 Å². The maximum atomic E-state index is 5.72. The first-order valence-corrected chi connectivity index (χ1v) is 5.45. The summed E-state index contributed by atoms with van der Waals surface area (Å²) in [5.74, 6) is 3.32. The van der Waals surface area contributed by atoms with Crippen LogP contribution in [0.3, 0.4) is 0 Å². The average molecular weight is 179 g/mol. The summed E-state index contributed by atoms with van der Waals surface area (Å²) in [5.41, 5.74) is 8.03. The van der Waals surface area contributed by atoms with Gasteiger partial charge < -0.3 is 5.73 Å². The first-order chi connectivity index (χ1) is 5.86. The van der Waals surface area contributed by atoms with Gasteiger partial charge in [0.2, 0.25) is 0 Å². The van der Waals surface area contributed by atoms with Crippen molar-refractivity contribution in [1.82, 2.24) is 0 Å².